The van der Waals surface area contributed by atoms with Crippen LogP contribution in [0.25, 0.3) is 0 Å². The topological polar surface area (TPSA) is 113 Å². The largest absolute Gasteiger partial charge is 0.297 e. The fourth-order valence-electron chi connectivity index (χ4n) is 4.53. The number of nitrogens with zero attached hydrogens (tertiary/aromatic N) is 1. The summed E-state index contributed by atoms with van der Waals surface area (Å²) in [6, 6.07) is 14.9. The van der Waals surface area contributed by atoms with Crippen molar-refractivity contribution >= 4 is 5.78 Å². The van der Waals surface area contributed by atoms with Gasteiger partial charge in [-0.2, -0.15) is 4.57 Å². The number of pyridine rings is 1. The van der Waals surface area contributed by atoms with Crippen LogP contribution in [0.15, 0.2) is 48.7 Å². The first-order valence-corrected chi connectivity index (χ1v) is 9.73. The van der Waals surface area contributed by atoms with Gasteiger partial charge in [-0.05, 0) is 18.4 Å². The molecule has 0 saturated carbocycles. The van der Waals surface area contributed by atoms with Crippen molar-refractivity contribution in [1.82, 2.24) is 0 Å². The summed E-state index contributed by atoms with van der Waals surface area (Å²) in [6.07, 6.45) is 3.95. The highest BCUT2D eigenvalue weighted by Crippen LogP contribution is 2.54. The number of benzene rings is 1. The van der Waals surface area contributed by atoms with Crippen LogP contribution in [-0.2, 0) is 4.79 Å². The van der Waals surface area contributed by atoms with E-state index in [1.54, 1.807) is 0 Å². The van der Waals surface area contributed by atoms with Gasteiger partial charge in [0.05, 0.1) is 5.41 Å². The Morgan fingerprint density at radius 2 is 1.50 bits per heavy atom. The molecule has 7 heteroatoms. The van der Waals surface area contributed by atoms with E-state index in [9.17, 15) is 4.79 Å². The molecule has 138 valence electrons. The van der Waals surface area contributed by atoms with E-state index < -0.39 is 10.2 Å². The summed E-state index contributed by atoms with van der Waals surface area (Å²) in [5.41, 5.74) is 3.47. The summed E-state index contributed by atoms with van der Waals surface area (Å²) >= 11 is 0. The Morgan fingerprint density at radius 3 is 2.08 bits per heavy atom. The Balaban J connectivity index is 0.000000349. The van der Waals surface area contributed by atoms with Gasteiger partial charge in [0.25, 0.3) is 0 Å². The molecule has 2 aromatic rings. The number of ketones is 1. The SMILES string of the molecule is CCC1(CC)C(=O)[C@H]2c3ccccc3[C@@H]1[n+]1ccccc12.[O-][Cl+3]([O-])([O-])[O-]. The van der Waals surface area contributed by atoms with Crippen LogP contribution in [0, 0.1) is 15.7 Å². The monoisotopic (exact) mass is 377 g/mol. The zero-order chi connectivity index (χ0) is 19.1. The lowest BCUT2D eigenvalue weighted by atomic mass is 9.57. The lowest BCUT2D eigenvalue weighted by Crippen LogP contribution is -2.68. The molecule has 0 fully saturated rings. The fourth-order valence-corrected chi connectivity index (χ4v) is 4.53. The van der Waals surface area contributed by atoms with Gasteiger partial charge in [-0.1, -0.05) is 44.2 Å². The minimum atomic E-state index is -4.94. The third-order valence-electron chi connectivity index (χ3n) is 5.64. The first-order valence-electron chi connectivity index (χ1n) is 8.49. The predicted molar refractivity (Wildman–Crippen MR) is 81.1 cm³/mol. The molecule has 0 amide bonds. The van der Waals surface area contributed by atoms with Crippen molar-refractivity contribution in [2.75, 3.05) is 0 Å². The summed E-state index contributed by atoms with van der Waals surface area (Å²) < 4.78 is 36.3. The maximum absolute atomic E-state index is 13.3. The number of rotatable bonds is 2. The molecule has 0 N–H and O–H groups in total. The third-order valence-corrected chi connectivity index (χ3v) is 5.64. The van der Waals surface area contributed by atoms with Gasteiger partial charge in [0.15, 0.2) is 23.7 Å². The molecule has 1 aliphatic carbocycles. The Morgan fingerprint density at radius 1 is 0.962 bits per heavy atom. The number of Topliss-reactive ketones (excluding diaryl/α,β-unsaturated/α-hetero) is 1. The van der Waals surface area contributed by atoms with Crippen LogP contribution in [0.3, 0.4) is 0 Å². The molecule has 1 aromatic carbocycles. The van der Waals surface area contributed by atoms with E-state index in [1.807, 2.05) is 6.07 Å². The van der Waals surface area contributed by atoms with E-state index in [1.165, 1.54) is 11.1 Å². The number of carbonyl (C=O) groups is 1. The minimum absolute atomic E-state index is 0.0905. The molecule has 0 spiro atoms. The molecule has 0 unspecified atom stereocenters. The number of halogens is 1. The van der Waals surface area contributed by atoms with Crippen LogP contribution in [-0.4, -0.2) is 5.78 Å². The maximum Gasteiger partial charge on any atom is 0.196 e. The van der Waals surface area contributed by atoms with Gasteiger partial charge in [0.1, 0.15) is 5.92 Å². The Hall–Kier alpha value is -1.83. The second-order valence-corrected chi connectivity index (χ2v) is 7.36. The molecule has 3 aliphatic rings. The fraction of sp³-hybridized carbons (Fsp3) is 0.368. The molecule has 0 radical (unpaired) electrons. The van der Waals surface area contributed by atoms with E-state index in [0.717, 1.165) is 18.5 Å². The highest BCUT2D eigenvalue weighted by Gasteiger charge is 2.62. The third kappa shape index (κ3) is 2.94. The van der Waals surface area contributed by atoms with Crippen molar-refractivity contribution in [2.24, 2.45) is 5.41 Å². The maximum atomic E-state index is 13.3. The lowest BCUT2D eigenvalue weighted by molar-refractivity contribution is -2.00. The number of aromatic nitrogens is 1. The number of fused-ring (bicyclic) bond motifs is 1. The van der Waals surface area contributed by atoms with Crippen LogP contribution < -0.4 is 23.2 Å². The smallest absolute Gasteiger partial charge is 0.196 e. The van der Waals surface area contributed by atoms with E-state index in [0.29, 0.717) is 5.78 Å². The standard InChI is InChI=1S/C19H20NO.ClHO4/c1-3-19(4-2)17-14-10-6-5-9-13(14)16(18(19)21)15-11-7-8-12-20(15)17;2-1(3,4)5/h5-12,16-17H,3-4H2,1-2H3;(H,2,3,4,5)/q+1;/p-1/t16-,17-;/m0./s1. The average molecular weight is 378 g/mol. The van der Waals surface area contributed by atoms with E-state index in [2.05, 4.69) is 61.0 Å². The summed E-state index contributed by atoms with van der Waals surface area (Å²) in [5, 5.41) is 0. The van der Waals surface area contributed by atoms with Gasteiger partial charge >= 0.3 is 0 Å². The molecule has 2 atom stereocenters. The molecule has 26 heavy (non-hydrogen) atoms. The highest BCUT2D eigenvalue weighted by atomic mass is 35.7. The molecule has 1 aromatic heterocycles. The number of hydrogen-bond acceptors (Lipinski definition) is 5. The quantitative estimate of drug-likeness (QED) is 0.600. The molecule has 5 rings (SSSR count). The van der Waals surface area contributed by atoms with Crippen LogP contribution in [0.4, 0.5) is 0 Å². The van der Waals surface area contributed by atoms with Gasteiger partial charge in [-0.3, -0.25) is 4.79 Å². The highest BCUT2D eigenvalue weighted by molar-refractivity contribution is 5.96. The van der Waals surface area contributed by atoms with Crippen molar-refractivity contribution in [3.8, 4) is 0 Å². The van der Waals surface area contributed by atoms with Gasteiger partial charge in [-0.15, -0.1) is 10.2 Å². The molecule has 2 aliphatic heterocycles. The first-order chi connectivity index (χ1) is 12.2. The van der Waals surface area contributed by atoms with Crippen LogP contribution in [0.5, 0.6) is 0 Å². The predicted octanol–water partition coefficient (Wildman–Crippen LogP) is -1.36. The van der Waals surface area contributed by atoms with Crippen LogP contribution in [0.2, 0.25) is 0 Å². The number of hydrogen-bond donors (Lipinski definition) is 0. The van der Waals surface area contributed by atoms with Crippen molar-refractivity contribution < 1.29 is 38.2 Å². The van der Waals surface area contributed by atoms with E-state index in [4.69, 9.17) is 18.6 Å². The van der Waals surface area contributed by atoms with Crippen LogP contribution >= 0.6 is 0 Å². The molecule has 0 saturated heterocycles. The second kappa shape index (κ2) is 6.72. The molecule has 2 bridgehead atoms. The second-order valence-electron chi connectivity index (χ2n) is 6.60. The average Bonchev–Trinajstić information content (AvgIpc) is 2.60. The summed E-state index contributed by atoms with van der Waals surface area (Å²) in [7, 11) is -4.94. The zero-order valence-corrected chi connectivity index (χ0v) is 15.3. The van der Waals surface area contributed by atoms with Crippen molar-refractivity contribution in [3.05, 3.63) is 65.5 Å². The normalized spacial score (nSPS) is 22.2. The van der Waals surface area contributed by atoms with Gasteiger partial charge in [0, 0.05) is 17.7 Å². The molecular weight excluding hydrogens is 358 g/mol. The zero-order valence-electron chi connectivity index (χ0n) is 14.6. The minimum Gasteiger partial charge on any atom is -0.297 e. The number of carbonyl (C=O) groups excluding carboxylic acids is 1. The first kappa shape index (κ1) is 18.9. The van der Waals surface area contributed by atoms with Crippen molar-refractivity contribution in [2.45, 2.75) is 38.6 Å². The summed E-state index contributed by atoms with van der Waals surface area (Å²) in [6.45, 7) is 4.32. The summed E-state index contributed by atoms with van der Waals surface area (Å²) in [4.78, 5) is 13.3. The summed E-state index contributed by atoms with van der Waals surface area (Å²) in [5.74, 6) is 0.328. The van der Waals surface area contributed by atoms with E-state index >= 15 is 0 Å². The van der Waals surface area contributed by atoms with Crippen LogP contribution in [0.1, 0.15) is 55.5 Å². The molecule has 6 nitrogen and oxygen atoms in total. The molecular formula is C19H20ClNO5. The Labute approximate surface area is 154 Å². The lowest BCUT2D eigenvalue weighted by Gasteiger charge is -2.46. The Kier molecular flexibility index (Phi) is 4.90. The van der Waals surface area contributed by atoms with Gasteiger partial charge in [0.2, 0.25) is 0 Å². The van der Waals surface area contributed by atoms with E-state index in [-0.39, 0.29) is 17.4 Å². The van der Waals surface area contributed by atoms with Crippen molar-refractivity contribution in [1.29, 1.82) is 0 Å². The van der Waals surface area contributed by atoms with Gasteiger partial charge < -0.3 is 0 Å². The van der Waals surface area contributed by atoms with Gasteiger partial charge in [-0.25, -0.2) is 18.6 Å². The van der Waals surface area contributed by atoms with Crippen molar-refractivity contribution in [3.63, 3.8) is 0 Å². The molecule has 3 heterocycles. The Bertz CT molecular complexity index is 775.